The minimum atomic E-state index is -0.701. The van der Waals surface area contributed by atoms with Gasteiger partial charge in [0.2, 0.25) is 0 Å². The maximum atomic E-state index is 12.4. The van der Waals surface area contributed by atoms with E-state index in [0.717, 1.165) is 11.3 Å². The molecule has 0 aromatic heterocycles. The van der Waals surface area contributed by atoms with E-state index in [-0.39, 0.29) is 6.04 Å². The molecule has 1 aromatic rings. The molecular formula is C19H28N2O5. The molecule has 26 heavy (non-hydrogen) atoms. The van der Waals surface area contributed by atoms with Gasteiger partial charge in [-0.2, -0.15) is 0 Å². The van der Waals surface area contributed by atoms with Crippen LogP contribution in [0.15, 0.2) is 24.3 Å². The standard InChI is InChI=1S/C19H28N2O5/c1-19(2,3)26-18(23)21-11-10-15(16(21)17(22)25-5)20-12-13-6-8-14(24-4)9-7-13/h6-9,15-16,20H,10-12H2,1-5H3/t15-,16+/m0/s1. The van der Waals surface area contributed by atoms with Gasteiger partial charge in [0.05, 0.1) is 14.2 Å². The molecule has 7 nitrogen and oxygen atoms in total. The Hall–Kier alpha value is -2.28. The first kappa shape index (κ1) is 20.0. The van der Waals surface area contributed by atoms with Crippen LogP contribution in [0.1, 0.15) is 32.8 Å². The average molecular weight is 364 g/mol. The van der Waals surface area contributed by atoms with Crippen molar-refractivity contribution in [2.45, 2.75) is 51.4 Å². The number of likely N-dealkylation sites (tertiary alicyclic amines) is 1. The van der Waals surface area contributed by atoms with Crippen molar-refractivity contribution in [2.24, 2.45) is 0 Å². The summed E-state index contributed by atoms with van der Waals surface area (Å²) < 4.78 is 15.5. The molecule has 2 rings (SSSR count). The average Bonchev–Trinajstić information content (AvgIpc) is 3.02. The lowest BCUT2D eigenvalue weighted by molar-refractivity contribution is -0.146. The minimum absolute atomic E-state index is 0.197. The zero-order valence-corrected chi connectivity index (χ0v) is 16.1. The number of carbonyl (C=O) groups excluding carboxylic acids is 2. The third kappa shape index (κ3) is 5.11. The fraction of sp³-hybridized carbons (Fsp3) is 0.579. The highest BCUT2D eigenvalue weighted by Crippen LogP contribution is 2.23. The molecule has 1 saturated heterocycles. The minimum Gasteiger partial charge on any atom is -0.497 e. The number of nitrogens with one attached hydrogen (secondary N) is 1. The third-order valence-corrected chi connectivity index (χ3v) is 4.20. The number of esters is 1. The van der Waals surface area contributed by atoms with Crippen LogP contribution in [0.3, 0.4) is 0 Å². The number of amides is 1. The molecule has 0 saturated carbocycles. The molecule has 1 aliphatic rings. The van der Waals surface area contributed by atoms with Crippen molar-refractivity contribution in [1.29, 1.82) is 0 Å². The fourth-order valence-electron chi connectivity index (χ4n) is 2.94. The molecule has 1 aliphatic heterocycles. The van der Waals surface area contributed by atoms with Crippen LogP contribution in [-0.2, 0) is 20.8 Å². The molecule has 1 fully saturated rings. The summed E-state index contributed by atoms with van der Waals surface area (Å²) in [6, 6.07) is 6.79. The van der Waals surface area contributed by atoms with E-state index >= 15 is 0 Å². The van der Waals surface area contributed by atoms with E-state index in [2.05, 4.69) is 5.32 Å². The summed E-state index contributed by atoms with van der Waals surface area (Å²) in [5.41, 5.74) is 0.442. The SMILES string of the molecule is COC(=O)[C@H]1[C@@H](NCc2ccc(OC)cc2)CCN1C(=O)OC(C)(C)C. The molecule has 7 heteroatoms. The number of carbonyl (C=O) groups is 2. The third-order valence-electron chi connectivity index (χ3n) is 4.20. The number of hydrogen-bond acceptors (Lipinski definition) is 6. The van der Waals surface area contributed by atoms with Crippen molar-refractivity contribution < 1.29 is 23.8 Å². The van der Waals surface area contributed by atoms with Crippen LogP contribution >= 0.6 is 0 Å². The van der Waals surface area contributed by atoms with Gasteiger partial charge in [-0.25, -0.2) is 9.59 Å². The number of ether oxygens (including phenoxy) is 3. The Balaban J connectivity index is 2.04. The second-order valence-corrected chi connectivity index (χ2v) is 7.27. The molecule has 1 N–H and O–H groups in total. The zero-order valence-electron chi connectivity index (χ0n) is 16.1. The predicted molar refractivity (Wildman–Crippen MR) is 97.0 cm³/mol. The van der Waals surface area contributed by atoms with Gasteiger partial charge in [-0.05, 0) is 44.9 Å². The zero-order chi connectivity index (χ0) is 19.3. The molecule has 0 radical (unpaired) electrons. The van der Waals surface area contributed by atoms with E-state index in [1.54, 1.807) is 27.9 Å². The second kappa shape index (κ2) is 8.40. The molecule has 0 bridgehead atoms. The molecule has 1 aromatic carbocycles. The molecule has 144 valence electrons. The van der Waals surface area contributed by atoms with Gasteiger partial charge in [0, 0.05) is 19.1 Å². The first-order valence-electron chi connectivity index (χ1n) is 8.69. The van der Waals surface area contributed by atoms with Gasteiger partial charge >= 0.3 is 12.1 Å². The predicted octanol–water partition coefficient (Wildman–Crippen LogP) is 2.34. The molecule has 2 atom stereocenters. The van der Waals surface area contributed by atoms with E-state index in [9.17, 15) is 9.59 Å². The first-order valence-corrected chi connectivity index (χ1v) is 8.69. The Morgan fingerprint density at radius 2 is 1.85 bits per heavy atom. The quantitative estimate of drug-likeness (QED) is 0.808. The molecule has 1 heterocycles. The molecule has 1 amide bonds. The number of hydrogen-bond donors (Lipinski definition) is 1. The highest BCUT2D eigenvalue weighted by molar-refractivity contribution is 5.83. The Kier molecular flexibility index (Phi) is 6.47. The fourth-order valence-corrected chi connectivity index (χ4v) is 2.94. The van der Waals surface area contributed by atoms with Crippen LogP contribution in [0.25, 0.3) is 0 Å². The smallest absolute Gasteiger partial charge is 0.411 e. The van der Waals surface area contributed by atoms with Crippen LogP contribution in [-0.4, -0.2) is 55.4 Å². The van der Waals surface area contributed by atoms with E-state index < -0.39 is 23.7 Å². The Morgan fingerprint density at radius 1 is 1.19 bits per heavy atom. The van der Waals surface area contributed by atoms with Crippen LogP contribution in [0.4, 0.5) is 4.79 Å². The van der Waals surface area contributed by atoms with Gasteiger partial charge in [0.15, 0.2) is 0 Å². The van der Waals surface area contributed by atoms with Crippen molar-refractivity contribution in [3.8, 4) is 5.75 Å². The van der Waals surface area contributed by atoms with E-state index in [1.165, 1.54) is 12.0 Å². The van der Waals surface area contributed by atoms with E-state index in [4.69, 9.17) is 14.2 Å². The Morgan fingerprint density at radius 3 is 2.38 bits per heavy atom. The maximum absolute atomic E-state index is 12.4. The lowest BCUT2D eigenvalue weighted by atomic mass is 10.1. The van der Waals surface area contributed by atoms with E-state index in [0.29, 0.717) is 19.5 Å². The molecule has 0 unspecified atom stereocenters. The van der Waals surface area contributed by atoms with Crippen molar-refractivity contribution in [1.82, 2.24) is 10.2 Å². The van der Waals surface area contributed by atoms with Crippen LogP contribution in [0.2, 0.25) is 0 Å². The summed E-state index contributed by atoms with van der Waals surface area (Å²) in [5.74, 6) is 0.346. The normalized spacial score (nSPS) is 20.0. The Labute approximate surface area is 154 Å². The van der Waals surface area contributed by atoms with Gasteiger partial charge in [-0.3, -0.25) is 4.90 Å². The van der Waals surface area contributed by atoms with Crippen molar-refractivity contribution in [2.75, 3.05) is 20.8 Å². The monoisotopic (exact) mass is 364 g/mol. The van der Waals surface area contributed by atoms with Gasteiger partial charge in [0.1, 0.15) is 17.4 Å². The summed E-state index contributed by atoms with van der Waals surface area (Å²) in [6.07, 6.45) is 0.150. The second-order valence-electron chi connectivity index (χ2n) is 7.27. The summed E-state index contributed by atoms with van der Waals surface area (Å²) in [4.78, 5) is 26.2. The molecular weight excluding hydrogens is 336 g/mol. The van der Waals surface area contributed by atoms with E-state index in [1.807, 2.05) is 24.3 Å². The maximum Gasteiger partial charge on any atom is 0.411 e. The summed E-state index contributed by atoms with van der Waals surface area (Å²) in [7, 11) is 2.95. The lowest BCUT2D eigenvalue weighted by Crippen LogP contribution is -2.51. The van der Waals surface area contributed by atoms with Crippen molar-refractivity contribution in [3.63, 3.8) is 0 Å². The van der Waals surface area contributed by atoms with Crippen molar-refractivity contribution in [3.05, 3.63) is 29.8 Å². The molecule has 0 spiro atoms. The highest BCUT2D eigenvalue weighted by Gasteiger charge is 2.44. The van der Waals surface area contributed by atoms with Crippen LogP contribution < -0.4 is 10.1 Å². The van der Waals surface area contributed by atoms with Gasteiger partial charge < -0.3 is 19.5 Å². The Bertz CT molecular complexity index is 624. The summed E-state index contributed by atoms with van der Waals surface area (Å²) >= 11 is 0. The number of benzene rings is 1. The largest absolute Gasteiger partial charge is 0.497 e. The topological polar surface area (TPSA) is 77.1 Å². The van der Waals surface area contributed by atoms with Gasteiger partial charge in [0.25, 0.3) is 0 Å². The number of nitrogens with zero attached hydrogens (tertiary/aromatic N) is 1. The summed E-state index contributed by atoms with van der Waals surface area (Å²) in [5, 5.41) is 3.36. The van der Waals surface area contributed by atoms with Crippen molar-refractivity contribution >= 4 is 12.1 Å². The van der Waals surface area contributed by atoms with Gasteiger partial charge in [-0.15, -0.1) is 0 Å². The lowest BCUT2D eigenvalue weighted by Gasteiger charge is -2.29. The van der Waals surface area contributed by atoms with Gasteiger partial charge in [-0.1, -0.05) is 12.1 Å². The summed E-state index contributed by atoms with van der Waals surface area (Å²) in [6.45, 7) is 6.41. The molecule has 0 aliphatic carbocycles. The van der Waals surface area contributed by atoms with Crippen LogP contribution in [0.5, 0.6) is 5.75 Å². The number of rotatable bonds is 5. The van der Waals surface area contributed by atoms with Crippen LogP contribution in [0, 0.1) is 0 Å². The number of methoxy groups -OCH3 is 2. The highest BCUT2D eigenvalue weighted by atomic mass is 16.6. The first-order chi connectivity index (χ1) is 12.2.